The van der Waals surface area contributed by atoms with E-state index in [1.165, 1.54) is 23.2 Å². The minimum Gasteiger partial charge on any atom is -0.369 e. The highest BCUT2D eigenvalue weighted by Crippen LogP contribution is 2.37. The number of carbonyl (C=O) groups excluding carboxylic acids is 2. The van der Waals surface area contributed by atoms with E-state index in [0.29, 0.717) is 38.9 Å². The van der Waals surface area contributed by atoms with Gasteiger partial charge in [-0.05, 0) is 55.5 Å². The Bertz CT molecular complexity index is 2380. The summed E-state index contributed by atoms with van der Waals surface area (Å²) in [5, 5.41) is 20.0. The molecule has 2 fully saturated rings. The number of aromatic nitrogens is 5. The topological polar surface area (TPSA) is 164 Å². The van der Waals surface area contributed by atoms with E-state index in [-0.39, 0.29) is 48.6 Å². The number of hydrogen-bond acceptors (Lipinski definition) is 9. The average molecular weight is 709 g/mol. The predicted molar refractivity (Wildman–Crippen MR) is 187 cm³/mol. The molecule has 8 rings (SSSR count). The lowest BCUT2D eigenvalue weighted by atomic mass is 9.94. The second-order valence-corrected chi connectivity index (χ2v) is 13.2. The third-order valence-electron chi connectivity index (χ3n) is 9.68. The first-order valence-corrected chi connectivity index (χ1v) is 16.7. The molecule has 3 aliphatic rings. The van der Waals surface area contributed by atoms with E-state index in [4.69, 9.17) is 0 Å². The Kier molecular flexibility index (Phi) is 8.29. The number of halogens is 3. The molecule has 1 aliphatic heterocycles. The number of aryl methyl sites for hydroxylation is 2. The van der Waals surface area contributed by atoms with Gasteiger partial charge in [0.1, 0.15) is 29.8 Å². The molecule has 6 heterocycles. The molecule has 15 heteroatoms. The molecule has 5 aromatic heterocycles. The summed E-state index contributed by atoms with van der Waals surface area (Å²) in [6, 6.07) is 6.50. The van der Waals surface area contributed by atoms with E-state index in [9.17, 15) is 32.7 Å². The molecule has 0 radical (unpaired) electrons. The molecule has 2 amide bonds. The maximum absolute atomic E-state index is 14.6. The van der Waals surface area contributed by atoms with Gasteiger partial charge in [0, 0.05) is 88.6 Å². The summed E-state index contributed by atoms with van der Waals surface area (Å²) in [5.74, 6) is -2.54. The fourth-order valence-electron chi connectivity index (χ4n) is 6.44. The zero-order chi connectivity index (χ0) is 36.3. The van der Waals surface area contributed by atoms with Crippen molar-refractivity contribution < 1.29 is 27.9 Å². The number of nitrogens with one attached hydrogen (secondary N) is 3. The summed E-state index contributed by atoms with van der Waals surface area (Å²) >= 11 is 0. The molecule has 4 N–H and O–H groups in total. The Hall–Kier alpha value is -5.96. The van der Waals surface area contributed by atoms with E-state index in [1.54, 1.807) is 49.7 Å². The Morgan fingerprint density at radius 3 is 2.31 bits per heavy atom. The normalized spacial score (nSPS) is 21.5. The molecular formula is C37H31F3N8O4. The van der Waals surface area contributed by atoms with E-state index in [1.807, 2.05) is 0 Å². The Morgan fingerprint density at radius 1 is 0.923 bits per heavy atom. The van der Waals surface area contributed by atoms with E-state index >= 15 is 0 Å². The minimum atomic E-state index is -1.19. The lowest BCUT2D eigenvalue weighted by Crippen LogP contribution is -2.26. The van der Waals surface area contributed by atoms with Gasteiger partial charge >= 0.3 is 0 Å². The van der Waals surface area contributed by atoms with Crippen LogP contribution in [0.25, 0.3) is 33.7 Å². The van der Waals surface area contributed by atoms with E-state index in [2.05, 4.69) is 35.9 Å². The van der Waals surface area contributed by atoms with Gasteiger partial charge in [-0.1, -0.05) is 0 Å². The summed E-state index contributed by atoms with van der Waals surface area (Å²) in [4.78, 5) is 55.8. The third kappa shape index (κ3) is 6.27. The Balaban J connectivity index is 1.13. The van der Waals surface area contributed by atoms with Gasteiger partial charge in [-0.2, -0.15) is 0 Å². The van der Waals surface area contributed by atoms with Gasteiger partial charge in [-0.3, -0.25) is 24.4 Å². The van der Waals surface area contributed by atoms with Crippen molar-refractivity contribution in [2.75, 3.05) is 16.0 Å². The Morgan fingerprint density at radius 2 is 1.60 bits per heavy atom. The van der Waals surface area contributed by atoms with Gasteiger partial charge < -0.3 is 25.6 Å². The van der Waals surface area contributed by atoms with E-state index in [0.717, 1.165) is 11.8 Å². The first-order valence-electron chi connectivity index (χ1n) is 16.7. The van der Waals surface area contributed by atoms with Crippen molar-refractivity contribution in [3.63, 3.8) is 0 Å². The molecule has 0 saturated heterocycles. The molecule has 5 aromatic rings. The number of nitrogens with zero attached hydrogens (tertiary/aromatic N) is 5. The maximum atomic E-state index is 14.6. The van der Waals surface area contributed by atoms with E-state index < -0.39 is 53.6 Å². The molecule has 0 spiro atoms. The molecule has 3 unspecified atom stereocenters. The molecule has 264 valence electrons. The van der Waals surface area contributed by atoms with Crippen LogP contribution in [0.4, 0.5) is 30.5 Å². The molecule has 5 atom stereocenters. The monoisotopic (exact) mass is 708 g/mol. The standard InChI is InChI=1S/C37H31F3N8O4/c1-17-25(14-42-16-29(17)40)22-7-20-13-44-33(47-36(51)24-9-28(24)39)11-31(20)48(37(22)52)5-3-18-2-4-41-15-26(18)21-6-19-12-43-32(10-30(19)45-34(21)49)46-35(50)23-8-27(23)38/h2,4,6-7,10-16,23-24,27-28,34,45,49H,3,5,8-9H2,1H3,(H,43,46,50)(H,44,47,51)/t23?,24-,27?,28-,34?/m0/s1. The van der Waals surface area contributed by atoms with Gasteiger partial charge in [0.2, 0.25) is 11.8 Å². The number of alkyl halides is 2. The van der Waals surface area contributed by atoms with Crippen LogP contribution in [0.5, 0.6) is 0 Å². The first kappa shape index (κ1) is 33.2. The van der Waals surface area contributed by atoms with Gasteiger partial charge in [0.05, 0.1) is 23.5 Å². The highest BCUT2D eigenvalue weighted by Gasteiger charge is 2.44. The smallest absolute Gasteiger partial charge is 0.259 e. The number of anilines is 3. The number of aliphatic hydroxyl groups excluding tert-OH is 1. The second kappa shape index (κ2) is 13.0. The van der Waals surface area contributed by atoms with Crippen LogP contribution in [-0.2, 0) is 22.6 Å². The number of fused-ring (bicyclic) bond motifs is 2. The average Bonchev–Trinajstić information content (AvgIpc) is 4.06. The number of amides is 2. The fourth-order valence-corrected chi connectivity index (χ4v) is 6.44. The van der Waals surface area contributed by atoms with Gasteiger partial charge in [0.15, 0.2) is 6.23 Å². The zero-order valence-electron chi connectivity index (χ0n) is 27.6. The largest absolute Gasteiger partial charge is 0.369 e. The van der Waals surface area contributed by atoms with Crippen LogP contribution in [0.15, 0.2) is 66.2 Å². The number of aliphatic hydroxyl groups is 1. The van der Waals surface area contributed by atoms with Gasteiger partial charge in [-0.25, -0.2) is 23.1 Å². The minimum absolute atomic E-state index is 0.118. The molecule has 2 aliphatic carbocycles. The van der Waals surface area contributed by atoms with Crippen molar-refractivity contribution >= 4 is 51.7 Å². The highest BCUT2D eigenvalue weighted by molar-refractivity contribution is 5.97. The molecule has 0 bridgehead atoms. The molecule has 52 heavy (non-hydrogen) atoms. The van der Waals surface area contributed by atoms with Crippen LogP contribution in [0, 0.1) is 24.6 Å². The van der Waals surface area contributed by atoms with Crippen molar-refractivity contribution in [3.8, 4) is 11.1 Å². The summed E-state index contributed by atoms with van der Waals surface area (Å²) in [6.45, 7) is 1.68. The quantitative estimate of drug-likeness (QED) is 0.168. The van der Waals surface area contributed by atoms with Crippen LogP contribution >= 0.6 is 0 Å². The number of hydrogen-bond donors (Lipinski definition) is 4. The summed E-state index contributed by atoms with van der Waals surface area (Å²) in [6.07, 6.45) is 7.58. The molecule has 0 aromatic carbocycles. The second-order valence-electron chi connectivity index (χ2n) is 13.2. The van der Waals surface area contributed by atoms with Crippen LogP contribution in [0.1, 0.15) is 35.1 Å². The Labute approximate surface area is 293 Å². The number of pyridine rings is 5. The van der Waals surface area contributed by atoms with Crippen LogP contribution in [-0.4, -0.2) is 60.0 Å². The van der Waals surface area contributed by atoms with Gasteiger partial charge in [0.25, 0.3) is 5.56 Å². The highest BCUT2D eigenvalue weighted by atomic mass is 19.1. The third-order valence-corrected chi connectivity index (χ3v) is 9.68. The molecule has 2 saturated carbocycles. The molecular weight excluding hydrogens is 677 g/mol. The van der Waals surface area contributed by atoms with Gasteiger partial charge in [-0.15, -0.1) is 0 Å². The maximum Gasteiger partial charge on any atom is 0.259 e. The summed E-state index contributed by atoms with van der Waals surface area (Å²) < 4.78 is 43.0. The van der Waals surface area contributed by atoms with Crippen molar-refractivity contribution in [1.29, 1.82) is 0 Å². The van der Waals surface area contributed by atoms with Crippen molar-refractivity contribution in [2.45, 2.75) is 51.3 Å². The van der Waals surface area contributed by atoms with Crippen LogP contribution in [0.3, 0.4) is 0 Å². The predicted octanol–water partition coefficient (Wildman–Crippen LogP) is 4.82. The van der Waals surface area contributed by atoms with Crippen molar-refractivity contribution in [3.05, 3.63) is 99.9 Å². The van der Waals surface area contributed by atoms with Crippen molar-refractivity contribution in [1.82, 2.24) is 24.5 Å². The van der Waals surface area contributed by atoms with Crippen LogP contribution in [0.2, 0.25) is 0 Å². The zero-order valence-corrected chi connectivity index (χ0v) is 27.6. The summed E-state index contributed by atoms with van der Waals surface area (Å²) in [7, 11) is 0. The fraction of sp³-hybridized carbons (Fsp3) is 0.270. The van der Waals surface area contributed by atoms with Crippen LogP contribution < -0.4 is 21.5 Å². The number of rotatable bonds is 9. The SMILES string of the molecule is Cc1c(F)cncc1-c1cc2cnc(NC(=O)[C@H]3C[C@@H]3F)cc2n(CCc2ccncc2C2=Cc3cnc(NC(=O)C4CC4F)cc3NC2O)c1=O. The molecule has 12 nitrogen and oxygen atoms in total. The lowest BCUT2D eigenvalue weighted by molar-refractivity contribution is -0.118. The first-order chi connectivity index (χ1) is 25.0. The number of carbonyl (C=O) groups is 2. The summed E-state index contributed by atoms with van der Waals surface area (Å²) in [5.41, 5.74) is 3.76. The lowest BCUT2D eigenvalue weighted by Gasteiger charge is -2.26. The van der Waals surface area contributed by atoms with Crippen molar-refractivity contribution in [2.24, 2.45) is 11.8 Å².